The number of rotatable bonds is 7. The highest BCUT2D eigenvalue weighted by Gasteiger charge is 2.55. The van der Waals surface area contributed by atoms with Gasteiger partial charge in [0.05, 0.1) is 12.5 Å². The van der Waals surface area contributed by atoms with Crippen LogP contribution in [0.4, 0.5) is 5.69 Å². The van der Waals surface area contributed by atoms with Crippen molar-refractivity contribution in [1.82, 2.24) is 4.90 Å². The number of halogens is 1. The van der Waals surface area contributed by atoms with Gasteiger partial charge in [-0.3, -0.25) is 4.79 Å². The van der Waals surface area contributed by atoms with Gasteiger partial charge in [0.25, 0.3) is 0 Å². The van der Waals surface area contributed by atoms with Crippen molar-refractivity contribution in [3.8, 4) is 0 Å². The topological polar surface area (TPSA) is 55.6 Å². The molecular formula is C19H31ClN2O2. The second kappa shape index (κ2) is 8.72. The normalized spacial score (nSPS) is 21.5. The average Bonchev–Trinajstić information content (AvgIpc) is 2.54. The molecule has 2 unspecified atom stereocenters. The van der Waals surface area contributed by atoms with Crippen LogP contribution >= 0.6 is 12.4 Å². The number of hydrogen-bond donors (Lipinski definition) is 1. The van der Waals surface area contributed by atoms with Crippen molar-refractivity contribution in [2.75, 3.05) is 19.4 Å². The summed E-state index contributed by atoms with van der Waals surface area (Å²) in [6, 6.07) is 7.82. The number of nitrogens with two attached hydrogens (primary N) is 1. The monoisotopic (exact) mass is 354 g/mol. The molecule has 1 aliphatic rings. The highest BCUT2D eigenvalue weighted by atomic mass is 35.5. The Balaban J connectivity index is 0.00000288. The molecule has 5 heteroatoms. The van der Waals surface area contributed by atoms with Crippen LogP contribution in [0.2, 0.25) is 0 Å². The van der Waals surface area contributed by atoms with Crippen LogP contribution in [-0.2, 0) is 16.0 Å². The summed E-state index contributed by atoms with van der Waals surface area (Å²) in [5, 5.41) is 0. The molecule has 2 atom stereocenters. The van der Waals surface area contributed by atoms with Gasteiger partial charge in [-0.15, -0.1) is 12.4 Å². The van der Waals surface area contributed by atoms with Crippen molar-refractivity contribution in [3.05, 3.63) is 29.8 Å². The van der Waals surface area contributed by atoms with Gasteiger partial charge in [0.1, 0.15) is 0 Å². The third-order valence-corrected chi connectivity index (χ3v) is 5.62. The Morgan fingerprint density at radius 3 is 2.33 bits per heavy atom. The van der Waals surface area contributed by atoms with Crippen LogP contribution < -0.4 is 5.73 Å². The molecule has 24 heavy (non-hydrogen) atoms. The number of nitrogen functional groups attached to an aromatic ring is 1. The number of carbonyl (C=O) groups is 1. The minimum absolute atomic E-state index is 0. The van der Waals surface area contributed by atoms with E-state index in [0.717, 1.165) is 37.1 Å². The molecule has 0 bridgehead atoms. The van der Waals surface area contributed by atoms with E-state index in [0.29, 0.717) is 6.42 Å². The number of carbonyl (C=O) groups excluding carboxylic acids is 1. The summed E-state index contributed by atoms with van der Waals surface area (Å²) in [6.07, 6.45) is 3.73. The van der Waals surface area contributed by atoms with Gasteiger partial charge in [-0.2, -0.15) is 0 Å². The molecule has 1 aliphatic carbocycles. The zero-order valence-electron chi connectivity index (χ0n) is 15.2. The first-order valence-electron chi connectivity index (χ1n) is 8.70. The molecule has 0 saturated heterocycles. The summed E-state index contributed by atoms with van der Waals surface area (Å²) in [4.78, 5) is 14.6. The summed E-state index contributed by atoms with van der Waals surface area (Å²) >= 11 is 0. The molecular weight excluding hydrogens is 324 g/mol. The number of nitrogens with zero attached hydrogens (tertiary/aromatic N) is 1. The largest absolute Gasteiger partial charge is 0.399 e. The lowest BCUT2D eigenvalue weighted by Gasteiger charge is -2.58. The lowest BCUT2D eigenvalue weighted by Crippen LogP contribution is -2.64. The van der Waals surface area contributed by atoms with Crippen molar-refractivity contribution in [2.45, 2.75) is 58.6 Å². The van der Waals surface area contributed by atoms with E-state index in [9.17, 15) is 4.79 Å². The fourth-order valence-corrected chi connectivity index (χ4v) is 3.99. The fourth-order valence-electron chi connectivity index (χ4n) is 3.99. The van der Waals surface area contributed by atoms with E-state index < -0.39 is 0 Å². The number of benzene rings is 1. The van der Waals surface area contributed by atoms with Gasteiger partial charge in [-0.1, -0.05) is 26.0 Å². The van der Waals surface area contributed by atoms with Gasteiger partial charge in [-0.05, 0) is 43.9 Å². The van der Waals surface area contributed by atoms with Gasteiger partial charge in [0.2, 0.25) is 5.91 Å². The number of ether oxygens (including phenoxy) is 1. The van der Waals surface area contributed by atoms with Crippen molar-refractivity contribution in [2.24, 2.45) is 5.41 Å². The van der Waals surface area contributed by atoms with Gasteiger partial charge < -0.3 is 15.4 Å². The van der Waals surface area contributed by atoms with E-state index in [1.165, 1.54) is 0 Å². The first kappa shape index (κ1) is 20.8. The molecule has 1 amide bonds. The average molecular weight is 355 g/mol. The Hall–Kier alpha value is -1.26. The predicted octanol–water partition coefficient (Wildman–Crippen LogP) is 3.68. The third kappa shape index (κ3) is 3.86. The van der Waals surface area contributed by atoms with Crippen LogP contribution in [0.5, 0.6) is 0 Å². The molecule has 1 aromatic rings. The lowest BCUT2D eigenvalue weighted by molar-refractivity contribution is -0.176. The van der Waals surface area contributed by atoms with Crippen molar-refractivity contribution >= 4 is 24.0 Å². The molecule has 0 radical (unpaired) electrons. The summed E-state index contributed by atoms with van der Waals surface area (Å²) in [7, 11) is 1.94. The van der Waals surface area contributed by atoms with Crippen molar-refractivity contribution < 1.29 is 9.53 Å². The highest BCUT2D eigenvalue weighted by molar-refractivity contribution is 5.85. The Bertz CT molecular complexity index is 529. The molecule has 136 valence electrons. The maximum Gasteiger partial charge on any atom is 0.227 e. The molecule has 1 fully saturated rings. The first-order valence-corrected chi connectivity index (χ1v) is 8.70. The molecule has 0 heterocycles. The van der Waals surface area contributed by atoms with E-state index in [1.807, 2.05) is 43.1 Å². The van der Waals surface area contributed by atoms with Gasteiger partial charge in [0.15, 0.2) is 0 Å². The highest BCUT2D eigenvalue weighted by Crippen LogP contribution is 2.51. The van der Waals surface area contributed by atoms with Crippen molar-refractivity contribution in [1.29, 1.82) is 0 Å². The molecule has 0 spiro atoms. The van der Waals surface area contributed by atoms with E-state index >= 15 is 0 Å². The van der Waals surface area contributed by atoms with Crippen LogP contribution in [0.15, 0.2) is 24.3 Å². The standard InChI is InChI=1S/C19H30N2O2.ClH/c1-5-19(6-2)16(13-17(19)23-7-3)21(4)18(22)12-14-8-10-15(20)11-9-14;/h8-11,16-17H,5-7,12-13,20H2,1-4H3;1H. The second-order valence-corrected chi connectivity index (χ2v) is 6.56. The quantitative estimate of drug-likeness (QED) is 0.760. The molecule has 1 aromatic carbocycles. The van der Waals surface area contributed by atoms with Crippen LogP contribution in [-0.4, -0.2) is 36.6 Å². The van der Waals surface area contributed by atoms with E-state index in [-0.39, 0.29) is 35.9 Å². The first-order chi connectivity index (χ1) is 11.0. The fraction of sp³-hybridized carbons (Fsp3) is 0.632. The maximum absolute atomic E-state index is 12.7. The van der Waals surface area contributed by atoms with E-state index in [4.69, 9.17) is 10.5 Å². The summed E-state index contributed by atoms with van der Waals surface area (Å²) in [5.74, 6) is 0.168. The van der Waals surface area contributed by atoms with E-state index in [1.54, 1.807) is 0 Å². The van der Waals surface area contributed by atoms with Crippen LogP contribution in [0.3, 0.4) is 0 Å². The number of hydrogen-bond acceptors (Lipinski definition) is 3. The number of anilines is 1. The molecule has 1 saturated carbocycles. The Morgan fingerprint density at radius 1 is 1.25 bits per heavy atom. The van der Waals surface area contributed by atoms with Gasteiger partial charge >= 0.3 is 0 Å². The van der Waals surface area contributed by atoms with Gasteiger partial charge in [0, 0.05) is 30.8 Å². The minimum atomic E-state index is 0. The molecule has 2 N–H and O–H groups in total. The smallest absolute Gasteiger partial charge is 0.227 e. The predicted molar refractivity (Wildman–Crippen MR) is 101 cm³/mol. The maximum atomic E-state index is 12.7. The Kier molecular flexibility index (Phi) is 7.56. The Morgan fingerprint density at radius 2 is 1.83 bits per heavy atom. The number of amides is 1. The number of likely N-dealkylation sites (N-methyl/N-ethyl adjacent to an activating group) is 1. The summed E-state index contributed by atoms with van der Waals surface area (Å²) in [5.41, 5.74) is 7.54. The molecule has 0 aliphatic heterocycles. The summed E-state index contributed by atoms with van der Waals surface area (Å²) in [6.45, 7) is 7.20. The van der Waals surface area contributed by atoms with Crippen LogP contribution in [0.1, 0.15) is 45.6 Å². The van der Waals surface area contributed by atoms with Crippen molar-refractivity contribution in [3.63, 3.8) is 0 Å². The molecule has 4 nitrogen and oxygen atoms in total. The molecule has 2 rings (SSSR count). The minimum Gasteiger partial charge on any atom is -0.399 e. The van der Waals surface area contributed by atoms with Gasteiger partial charge in [-0.25, -0.2) is 0 Å². The lowest BCUT2D eigenvalue weighted by atomic mass is 9.58. The van der Waals surface area contributed by atoms with E-state index in [2.05, 4.69) is 13.8 Å². The SMILES string of the molecule is CCOC1CC(N(C)C(=O)Cc2ccc(N)cc2)C1(CC)CC.Cl. The Labute approximate surface area is 152 Å². The zero-order chi connectivity index (χ0) is 17.0. The summed E-state index contributed by atoms with van der Waals surface area (Å²) < 4.78 is 5.92. The van der Waals surface area contributed by atoms with Crippen LogP contribution in [0.25, 0.3) is 0 Å². The molecule has 0 aromatic heterocycles. The second-order valence-electron chi connectivity index (χ2n) is 6.56. The zero-order valence-corrected chi connectivity index (χ0v) is 16.1. The van der Waals surface area contributed by atoms with Crippen LogP contribution in [0, 0.1) is 5.41 Å². The third-order valence-electron chi connectivity index (χ3n) is 5.62.